The van der Waals surface area contributed by atoms with Crippen molar-refractivity contribution in [2.24, 2.45) is 0 Å². The average molecular weight is 178 g/mol. The molecule has 4 heteroatoms. The Labute approximate surface area is 74.0 Å². The van der Waals surface area contributed by atoms with E-state index in [0.717, 1.165) is 13.0 Å². The minimum atomic E-state index is -0.357. The predicted octanol–water partition coefficient (Wildman–Crippen LogP) is 0.771. The van der Waals surface area contributed by atoms with Crippen molar-refractivity contribution in [1.29, 1.82) is 0 Å². The van der Waals surface area contributed by atoms with Gasteiger partial charge in [0.05, 0.1) is 13.2 Å². The number of hydroxylamine groups is 2. The van der Waals surface area contributed by atoms with E-state index in [1.54, 1.807) is 7.05 Å². The lowest BCUT2D eigenvalue weighted by Crippen LogP contribution is -2.23. The van der Waals surface area contributed by atoms with Crippen molar-refractivity contribution in [1.82, 2.24) is 9.96 Å². The number of nitrogens with zero attached hydrogens (tertiary/aromatic N) is 2. The first-order valence-electron chi connectivity index (χ1n) is 4.21. The standard InChI is InChI=1S/C8H19FN2O/c1-10(2)6-4-8-12-11(3)7-5-9/h4-8H2,1-3H3. The molecule has 0 aromatic heterocycles. The second kappa shape index (κ2) is 7.46. The Hall–Kier alpha value is -0.190. The van der Waals surface area contributed by atoms with Gasteiger partial charge in [-0.15, -0.1) is 0 Å². The van der Waals surface area contributed by atoms with Crippen LogP contribution in [-0.4, -0.2) is 57.5 Å². The molecular weight excluding hydrogens is 159 g/mol. The van der Waals surface area contributed by atoms with Gasteiger partial charge >= 0.3 is 0 Å². The summed E-state index contributed by atoms with van der Waals surface area (Å²) in [5.41, 5.74) is 0. The molecule has 3 nitrogen and oxygen atoms in total. The van der Waals surface area contributed by atoms with Gasteiger partial charge in [0.15, 0.2) is 0 Å². The van der Waals surface area contributed by atoms with Crippen molar-refractivity contribution >= 4 is 0 Å². The van der Waals surface area contributed by atoms with E-state index in [4.69, 9.17) is 4.84 Å². The van der Waals surface area contributed by atoms with Gasteiger partial charge in [0.2, 0.25) is 0 Å². The van der Waals surface area contributed by atoms with Gasteiger partial charge in [-0.1, -0.05) is 0 Å². The highest BCUT2D eigenvalue weighted by Crippen LogP contribution is 1.89. The van der Waals surface area contributed by atoms with Crippen molar-refractivity contribution in [3.63, 3.8) is 0 Å². The molecule has 0 rings (SSSR count). The van der Waals surface area contributed by atoms with Crippen molar-refractivity contribution in [3.05, 3.63) is 0 Å². The SMILES string of the molecule is CN(C)CCCON(C)CCF. The topological polar surface area (TPSA) is 15.7 Å². The first-order valence-corrected chi connectivity index (χ1v) is 4.21. The first kappa shape index (κ1) is 11.8. The number of hydrogen-bond acceptors (Lipinski definition) is 3. The molecule has 0 unspecified atom stereocenters. The van der Waals surface area contributed by atoms with Gasteiger partial charge in [0.25, 0.3) is 0 Å². The lowest BCUT2D eigenvalue weighted by Gasteiger charge is -2.15. The van der Waals surface area contributed by atoms with Gasteiger partial charge in [0, 0.05) is 7.05 Å². The van der Waals surface area contributed by atoms with E-state index >= 15 is 0 Å². The average Bonchev–Trinajstić information content (AvgIpc) is 1.98. The number of alkyl halides is 1. The molecule has 0 N–H and O–H groups in total. The van der Waals surface area contributed by atoms with Crippen LogP contribution in [0.5, 0.6) is 0 Å². The number of hydrogen-bond donors (Lipinski definition) is 0. The van der Waals surface area contributed by atoms with Gasteiger partial charge in [-0.05, 0) is 27.1 Å². The summed E-state index contributed by atoms with van der Waals surface area (Å²) in [7, 11) is 5.78. The van der Waals surface area contributed by atoms with Crippen LogP contribution in [0.25, 0.3) is 0 Å². The Morgan fingerprint density at radius 3 is 2.33 bits per heavy atom. The van der Waals surface area contributed by atoms with E-state index in [-0.39, 0.29) is 6.67 Å². The smallest absolute Gasteiger partial charge is 0.104 e. The van der Waals surface area contributed by atoms with Crippen molar-refractivity contribution in [3.8, 4) is 0 Å². The highest BCUT2D eigenvalue weighted by molar-refractivity contribution is 4.42. The highest BCUT2D eigenvalue weighted by Gasteiger charge is 1.97. The summed E-state index contributed by atoms with van der Waals surface area (Å²) in [6.45, 7) is 1.66. The fraction of sp³-hybridized carbons (Fsp3) is 1.00. The van der Waals surface area contributed by atoms with Crippen LogP contribution in [-0.2, 0) is 4.84 Å². The first-order chi connectivity index (χ1) is 5.66. The fourth-order valence-corrected chi connectivity index (χ4v) is 0.785. The van der Waals surface area contributed by atoms with Gasteiger partial charge in [-0.25, -0.2) is 4.39 Å². The Balaban J connectivity index is 3.08. The molecule has 0 heterocycles. The zero-order chi connectivity index (χ0) is 9.40. The molecule has 12 heavy (non-hydrogen) atoms. The molecule has 0 spiro atoms. The van der Waals surface area contributed by atoms with Crippen LogP contribution in [0.3, 0.4) is 0 Å². The van der Waals surface area contributed by atoms with E-state index in [1.165, 1.54) is 5.06 Å². The van der Waals surface area contributed by atoms with Crippen molar-refractivity contribution < 1.29 is 9.23 Å². The van der Waals surface area contributed by atoms with Gasteiger partial charge in [-0.3, -0.25) is 4.84 Å². The molecule has 74 valence electrons. The number of rotatable bonds is 7. The Kier molecular flexibility index (Phi) is 7.34. The quantitative estimate of drug-likeness (QED) is 0.423. The van der Waals surface area contributed by atoms with E-state index in [9.17, 15) is 4.39 Å². The highest BCUT2D eigenvalue weighted by atomic mass is 19.1. The zero-order valence-corrected chi connectivity index (χ0v) is 8.22. The Bertz CT molecular complexity index is 101. The third-order valence-electron chi connectivity index (χ3n) is 1.46. The minimum Gasteiger partial charge on any atom is -0.309 e. The second-order valence-electron chi connectivity index (χ2n) is 3.03. The summed E-state index contributed by atoms with van der Waals surface area (Å²) in [5, 5.41) is 1.54. The van der Waals surface area contributed by atoms with Gasteiger partial charge in [-0.2, -0.15) is 5.06 Å². The molecule has 0 fully saturated rings. The normalized spacial score (nSPS) is 11.5. The molecule has 0 bridgehead atoms. The maximum Gasteiger partial charge on any atom is 0.104 e. The summed E-state index contributed by atoms with van der Waals surface area (Å²) < 4.78 is 11.8. The van der Waals surface area contributed by atoms with Crippen LogP contribution in [0.4, 0.5) is 4.39 Å². The van der Waals surface area contributed by atoms with Gasteiger partial charge in [0.1, 0.15) is 6.67 Å². The minimum absolute atomic E-state index is 0.349. The van der Waals surface area contributed by atoms with Gasteiger partial charge < -0.3 is 4.90 Å². The zero-order valence-electron chi connectivity index (χ0n) is 8.22. The van der Waals surface area contributed by atoms with E-state index < -0.39 is 0 Å². The Morgan fingerprint density at radius 1 is 1.17 bits per heavy atom. The summed E-state index contributed by atoms with van der Waals surface area (Å²) >= 11 is 0. The summed E-state index contributed by atoms with van der Waals surface area (Å²) in [5.74, 6) is 0. The predicted molar refractivity (Wildman–Crippen MR) is 47.7 cm³/mol. The van der Waals surface area contributed by atoms with Crippen molar-refractivity contribution in [2.75, 3.05) is 47.5 Å². The van der Waals surface area contributed by atoms with Crippen LogP contribution >= 0.6 is 0 Å². The molecule has 0 radical (unpaired) electrons. The van der Waals surface area contributed by atoms with Crippen molar-refractivity contribution in [2.45, 2.75) is 6.42 Å². The lowest BCUT2D eigenvalue weighted by molar-refractivity contribution is -0.142. The maximum absolute atomic E-state index is 11.8. The molecule has 0 aromatic rings. The maximum atomic E-state index is 11.8. The Morgan fingerprint density at radius 2 is 1.83 bits per heavy atom. The summed E-state index contributed by atoms with van der Waals surface area (Å²) in [6.07, 6.45) is 0.976. The molecular formula is C8H19FN2O. The van der Waals surface area contributed by atoms with E-state index in [0.29, 0.717) is 13.2 Å². The van der Waals surface area contributed by atoms with Crippen LogP contribution in [0.15, 0.2) is 0 Å². The fourth-order valence-electron chi connectivity index (χ4n) is 0.785. The van der Waals surface area contributed by atoms with Crippen LogP contribution in [0.2, 0.25) is 0 Å². The molecule has 0 aliphatic carbocycles. The monoisotopic (exact) mass is 178 g/mol. The second-order valence-corrected chi connectivity index (χ2v) is 3.03. The molecule has 0 saturated carbocycles. The summed E-state index contributed by atoms with van der Waals surface area (Å²) in [4.78, 5) is 7.30. The van der Waals surface area contributed by atoms with Crippen LogP contribution in [0.1, 0.15) is 6.42 Å². The summed E-state index contributed by atoms with van der Waals surface area (Å²) in [6, 6.07) is 0. The molecule has 0 aliphatic heterocycles. The van der Waals surface area contributed by atoms with E-state index in [2.05, 4.69) is 4.90 Å². The van der Waals surface area contributed by atoms with Crippen LogP contribution < -0.4 is 0 Å². The molecule has 0 saturated heterocycles. The molecule has 0 amide bonds. The number of halogens is 1. The molecule has 0 aromatic carbocycles. The lowest BCUT2D eigenvalue weighted by atomic mass is 10.4. The largest absolute Gasteiger partial charge is 0.309 e. The third kappa shape index (κ3) is 7.91. The molecule has 0 atom stereocenters. The molecule has 0 aliphatic rings. The third-order valence-corrected chi connectivity index (χ3v) is 1.46. The van der Waals surface area contributed by atoms with Crippen LogP contribution in [0, 0.1) is 0 Å². The van der Waals surface area contributed by atoms with E-state index in [1.807, 2.05) is 14.1 Å².